The maximum atomic E-state index is 13.7. The topological polar surface area (TPSA) is 201 Å². The number of hydrogen-bond acceptors (Lipinski definition) is 12. The third-order valence-corrected chi connectivity index (χ3v) is 7.97. The van der Waals surface area contributed by atoms with Gasteiger partial charge < -0.3 is 45.6 Å². The zero-order valence-corrected chi connectivity index (χ0v) is 22.8. The van der Waals surface area contributed by atoms with E-state index < -0.39 is 70.4 Å². The summed E-state index contributed by atoms with van der Waals surface area (Å²) in [4.78, 5) is 27.2. The smallest absolute Gasteiger partial charge is 0.202 e. The van der Waals surface area contributed by atoms with Gasteiger partial charge in [0.1, 0.15) is 22.8 Å². The van der Waals surface area contributed by atoms with E-state index in [-0.39, 0.29) is 65.4 Å². The predicted molar refractivity (Wildman–Crippen MR) is 142 cm³/mol. The molecular weight excluding hydrogens is 548 g/mol. The largest absolute Gasteiger partial charge is 0.507 e. The lowest BCUT2D eigenvalue weighted by Gasteiger charge is -2.42. The van der Waals surface area contributed by atoms with E-state index >= 15 is 0 Å². The maximum Gasteiger partial charge on any atom is 0.202 e. The van der Waals surface area contributed by atoms with Crippen LogP contribution in [-0.4, -0.2) is 80.2 Å². The summed E-state index contributed by atoms with van der Waals surface area (Å²) in [5.41, 5.74) is 3.14. The van der Waals surface area contributed by atoms with E-state index in [9.17, 15) is 35.2 Å². The summed E-state index contributed by atoms with van der Waals surface area (Å²) < 4.78 is 17.2. The molecule has 6 unspecified atom stereocenters. The van der Waals surface area contributed by atoms with Crippen LogP contribution in [0.25, 0.3) is 0 Å². The lowest BCUT2D eigenvalue weighted by molar-refractivity contribution is -0.245. The van der Waals surface area contributed by atoms with Crippen LogP contribution in [0.2, 0.25) is 0 Å². The van der Waals surface area contributed by atoms with E-state index in [4.69, 9.17) is 19.9 Å². The van der Waals surface area contributed by atoms with Crippen molar-refractivity contribution >= 4 is 29.7 Å². The molecule has 40 heavy (non-hydrogen) atoms. The van der Waals surface area contributed by atoms with E-state index in [2.05, 4.69) is 5.16 Å². The zero-order chi connectivity index (χ0) is 28.4. The monoisotopic (exact) mass is 578 g/mol. The van der Waals surface area contributed by atoms with Gasteiger partial charge in [-0.25, -0.2) is 0 Å². The molecule has 5 rings (SSSR count). The van der Waals surface area contributed by atoms with Crippen LogP contribution in [0.3, 0.4) is 0 Å². The van der Waals surface area contributed by atoms with Crippen molar-refractivity contribution in [1.82, 2.24) is 0 Å². The second-order valence-electron chi connectivity index (χ2n) is 10.3. The van der Waals surface area contributed by atoms with Crippen LogP contribution in [0, 0.1) is 0 Å². The second kappa shape index (κ2) is 10.6. The predicted octanol–water partition coefficient (Wildman–Crippen LogP) is 1.71. The number of nitrogens with two attached hydrogens (primary N) is 1. The molecule has 0 radical (unpaired) electrons. The maximum absolute atomic E-state index is 13.7. The number of halogens is 1. The molecule has 2 aliphatic carbocycles. The number of phenolic OH excluding ortho intramolecular Hbond substituents is 2. The van der Waals surface area contributed by atoms with Crippen molar-refractivity contribution < 1.29 is 49.4 Å². The van der Waals surface area contributed by atoms with E-state index in [1.165, 1.54) is 32.2 Å². The molecule has 7 N–H and O–H groups in total. The molecule has 216 valence electrons. The summed E-state index contributed by atoms with van der Waals surface area (Å²) in [6.07, 6.45) is -4.34. The highest BCUT2D eigenvalue weighted by molar-refractivity contribution is 6.31. The Hall–Kier alpha value is -3.26. The minimum Gasteiger partial charge on any atom is -0.507 e. The number of ketones is 2. The van der Waals surface area contributed by atoms with Crippen LogP contribution in [0.4, 0.5) is 0 Å². The van der Waals surface area contributed by atoms with Crippen molar-refractivity contribution in [1.29, 1.82) is 0 Å². The van der Waals surface area contributed by atoms with Gasteiger partial charge in [0.15, 0.2) is 12.1 Å². The van der Waals surface area contributed by atoms with Gasteiger partial charge in [-0.3, -0.25) is 9.59 Å². The Morgan fingerprint density at radius 1 is 1.15 bits per heavy atom. The third kappa shape index (κ3) is 4.41. The van der Waals surface area contributed by atoms with Gasteiger partial charge in [0, 0.05) is 42.0 Å². The number of aliphatic hydroxyl groups is 2. The van der Waals surface area contributed by atoms with Crippen LogP contribution in [0.5, 0.6) is 17.2 Å². The number of fused-ring (bicyclic) bond motifs is 3. The summed E-state index contributed by atoms with van der Waals surface area (Å²) in [6.45, 7) is 2.99. The number of aromatic hydroxyl groups is 2. The number of benzene rings is 2. The number of nitrogens with zero attached hydrogens (tertiary/aromatic N) is 1. The second-order valence-corrected chi connectivity index (χ2v) is 10.3. The van der Waals surface area contributed by atoms with Gasteiger partial charge in [0.05, 0.1) is 47.8 Å². The molecule has 1 heterocycles. The van der Waals surface area contributed by atoms with Crippen molar-refractivity contribution in [2.24, 2.45) is 10.9 Å². The SMILES string of the molecule is COc1cccc2c1C(=O)c1c(O)c3c(c(O)c1C2=O)CC(O)(/C(C)=N/O)CC3OC1CC(N)C(O)C(C)O1.Cl. The minimum atomic E-state index is -1.85. The first-order valence-electron chi connectivity index (χ1n) is 12.5. The standard InChI is InChI=1S/C27H30N2O10.ClH/c1-10-22(30)14(28)7-17(38-10)39-16-9-27(35,11(2)29-36)8-13-19(16)26(34)21-20(24(13)32)23(31)12-5-4-6-15(37-3)18(12)25(21)33;/h4-6,10,14,16-17,22,30,32,34-36H,7-9,28H2,1-3H3;1H/b29-11+;. The highest BCUT2D eigenvalue weighted by atomic mass is 35.5. The van der Waals surface area contributed by atoms with Crippen LogP contribution in [0.1, 0.15) is 75.8 Å². The molecule has 1 aliphatic heterocycles. The zero-order valence-electron chi connectivity index (χ0n) is 22.0. The van der Waals surface area contributed by atoms with Crippen molar-refractivity contribution in [3.05, 3.63) is 51.6 Å². The number of carbonyl (C=O) groups excluding carboxylic acids is 2. The number of methoxy groups -OCH3 is 1. The third-order valence-electron chi connectivity index (χ3n) is 7.97. The average Bonchev–Trinajstić information content (AvgIpc) is 2.90. The molecule has 6 atom stereocenters. The van der Waals surface area contributed by atoms with E-state index in [1.807, 2.05) is 0 Å². The van der Waals surface area contributed by atoms with Gasteiger partial charge in [-0.2, -0.15) is 0 Å². The molecule has 0 aromatic heterocycles. The lowest BCUT2D eigenvalue weighted by atomic mass is 9.72. The summed E-state index contributed by atoms with van der Waals surface area (Å²) in [7, 11) is 1.34. The Balaban J connectivity index is 0.00000370. The lowest BCUT2D eigenvalue weighted by Crippen LogP contribution is -2.52. The van der Waals surface area contributed by atoms with Gasteiger partial charge in [0.25, 0.3) is 0 Å². The van der Waals surface area contributed by atoms with Gasteiger partial charge in [-0.05, 0) is 19.9 Å². The van der Waals surface area contributed by atoms with Crippen LogP contribution in [0.15, 0.2) is 23.4 Å². The van der Waals surface area contributed by atoms with E-state index in [1.54, 1.807) is 6.92 Å². The molecule has 0 saturated carbocycles. The quantitative estimate of drug-likeness (QED) is 0.114. The first-order chi connectivity index (χ1) is 18.4. The number of oxime groups is 1. The van der Waals surface area contributed by atoms with Crippen LogP contribution < -0.4 is 10.5 Å². The first kappa shape index (κ1) is 29.7. The van der Waals surface area contributed by atoms with Gasteiger partial charge >= 0.3 is 0 Å². The number of phenols is 2. The van der Waals surface area contributed by atoms with Gasteiger partial charge in [0.2, 0.25) is 5.78 Å². The molecule has 0 spiro atoms. The Kier molecular flexibility index (Phi) is 7.89. The fourth-order valence-corrected chi connectivity index (χ4v) is 5.76. The number of ether oxygens (including phenoxy) is 3. The number of carbonyl (C=O) groups is 2. The highest BCUT2D eigenvalue weighted by Crippen LogP contribution is 2.52. The fraction of sp³-hybridized carbons (Fsp3) is 0.444. The first-order valence-corrected chi connectivity index (χ1v) is 12.5. The van der Waals surface area contributed by atoms with Crippen LogP contribution >= 0.6 is 12.4 Å². The summed E-state index contributed by atoms with van der Waals surface area (Å²) in [5.74, 6) is -2.51. The van der Waals surface area contributed by atoms with Crippen molar-refractivity contribution in [2.75, 3.05) is 7.11 Å². The summed E-state index contributed by atoms with van der Waals surface area (Å²) in [6, 6.07) is 3.77. The van der Waals surface area contributed by atoms with Crippen LogP contribution in [-0.2, 0) is 15.9 Å². The molecule has 12 nitrogen and oxygen atoms in total. The fourth-order valence-electron chi connectivity index (χ4n) is 5.76. The molecule has 13 heteroatoms. The van der Waals surface area contributed by atoms with E-state index in [0.29, 0.717) is 0 Å². The number of hydrogen-bond donors (Lipinski definition) is 6. The summed E-state index contributed by atoms with van der Waals surface area (Å²) in [5, 5.41) is 57.1. The Morgan fingerprint density at radius 2 is 1.82 bits per heavy atom. The Labute approximate surface area is 235 Å². The number of rotatable bonds is 4. The van der Waals surface area contributed by atoms with Gasteiger partial charge in [-0.15, -0.1) is 12.4 Å². The molecule has 1 fully saturated rings. The van der Waals surface area contributed by atoms with Gasteiger partial charge in [-0.1, -0.05) is 17.3 Å². The molecular formula is C27H31ClN2O10. The van der Waals surface area contributed by atoms with E-state index in [0.717, 1.165) is 0 Å². The molecule has 2 aromatic carbocycles. The molecule has 3 aliphatic rings. The summed E-state index contributed by atoms with van der Waals surface area (Å²) >= 11 is 0. The van der Waals surface area contributed by atoms with Crippen molar-refractivity contribution in [2.45, 2.75) is 69.4 Å². The Morgan fingerprint density at radius 3 is 2.45 bits per heavy atom. The molecule has 1 saturated heterocycles. The normalized spacial score (nSPS) is 29.6. The minimum absolute atomic E-state index is 0. The molecule has 0 bridgehead atoms. The van der Waals surface area contributed by atoms with Crippen molar-refractivity contribution in [3.8, 4) is 17.2 Å². The molecule has 0 amide bonds. The highest BCUT2D eigenvalue weighted by Gasteiger charge is 2.49. The molecule has 2 aromatic rings. The average molecular weight is 579 g/mol. The Bertz CT molecular complexity index is 1400. The number of aliphatic hydroxyl groups excluding tert-OH is 1. The van der Waals surface area contributed by atoms with Crippen molar-refractivity contribution in [3.63, 3.8) is 0 Å².